The molecule has 0 aromatic heterocycles. The molecular formula is C19H31IN6O3. The van der Waals surface area contributed by atoms with Crippen LogP contribution in [0.15, 0.2) is 29.3 Å². The highest BCUT2D eigenvalue weighted by atomic mass is 127. The van der Waals surface area contributed by atoms with Gasteiger partial charge in [-0.2, -0.15) is 0 Å². The van der Waals surface area contributed by atoms with E-state index in [9.17, 15) is 14.9 Å². The van der Waals surface area contributed by atoms with Crippen LogP contribution in [-0.2, 0) is 11.3 Å². The van der Waals surface area contributed by atoms with Gasteiger partial charge in [-0.05, 0) is 24.8 Å². The van der Waals surface area contributed by atoms with Crippen LogP contribution in [0.5, 0.6) is 0 Å². The minimum absolute atomic E-state index is 0. The van der Waals surface area contributed by atoms with Crippen molar-refractivity contribution in [1.82, 2.24) is 20.9 Å². The number of benzene rings is 1. The lowest BCUT2D eigenvalue weighted by atomic mass is 10.1. The van der Waals surface area contributed by atoms with Crippen LogP contribution < -0.4 is 16.0 Å². The number of aliphatic imine (C=N–C) groups is 1. The number of hydrogen-bond donors (Lipinski definition) is 3. The van der Waals surface area contributed by atoms with E-state index in [2.05, 4.69) is 25.8 Å². The Hall–Kier alpha value is -1.95. The highest BCUT2D eigenvalue weighted by molar-refractivity contribution is 14.0. The fourth-order valence-corrected chi connectivity index (χ4v) is 3.11. The highest BCUT2D eigenvalue weighted by Crippen LogP contribution is 2.13. The third kappa shape index (κ3) is 8.94. The summed E-state index contributed by atoms with van der Waals surface area (Å²) in [7, 11) is 1.70. The van der Waals surface area contributed by atoms with Crippen LogP contribution in [0.25, 0.3) is 0 Å². The van der Waals surface area contributed by atoms with Crippen molar-refractivity contribution >= 4 is 41.5 Å². The molecule has 0 radical (unpaired) electrons. The molecule has 0 atom stereocenters. The maximum Gasteiger partial charge on any atom is 0.269 e. The highest BCUT2D eigenvalue weighted by Gasteiger charge is 2.21. The van der Waals surface area contributed by atoms with E-state index in [4.69, 9.17) is 0 Å². The predicted octanol–water partition coefficient (Wildman–Crippen LogP) is 1.87. The Bertz CT molecular complexity index is 692. The van der Waals surface area contributed by atoms with E-state index in [0.717, 1.165) is 44.5 Å². The monoisotopic (exact) mass is 518 g/mol. The molecule has 9 nitrogen and oxygen atoms in total. The van der Waals surface area contributed by atoms with Crippen LogP contribution in [-0.4, -0.2) is 61.0 Å². The standard InChI is InChI=1S/C19H30N6O3.HI/c1-3-9-21-18(26)14-24-10-7-16(8-11-24)23-19(20-2)22-13-15-5-4-6-17(12-15)25(27)28;/h4-6,12,16H,3,7-11,13-14H2,1-2H3,(H,21,26)(H2,20,22,23);1H. The number of rotatable bonds is 8. The van der Waals surface area contributed by atoms with Gasteiger partial charge in [-0.15, -0.1) is 24.0 Å². The summed E-state index contributed by atoms with van der Waals surface area (Å²) in [6, 6.07) is 6.84. The molecular weight excluding hydrogens is 487 g/mol. The molecule has 162 valence electrons. The molecule has 1 aromatic carbocycles. The summed E-state index contributed by atoms with van der Waals surface area (Å²) in [5.41, 5.74) is 0.905. The van der Waals surface area contributed by atoms with Crippen LogP contribution in [0.4, 0.5) is 5.69 Å². The smallest absolute Gasteiger partial charge is 0.269 e. The molecule has 0 spiro atoms. The maximum atomic E-state index is 11.8. The van der Waals surface area contributed by atoms with E-state index in [1.165, 1.54) is 6.07 Å². The van der Waals surface area contributed by atoms with Crippen molar-refractivity contribution in [3.05, 3.63) is 39.9 Å². The van der Waals surface area contributed by atoms with Gasteiger partial charge in [-0.25, -0.2) is 0 Å². The molecule has 10 heteroatoms. The van der Waals surface area contributed by atoms with Crippen LogP contribution in [0.1, 0.15) is 31.7 Å². The number of nitrogens with one attached hydrogen (secondary N) is 3. The number of carbonyl (C=O) groups is 1. The number of hydrogen-bond acceptors (Lipinski definition) is 5. The first kappa shape index (κ1) is 25.1. The van der Waals surface area contributed by atoms with Gasteiger partial charge in [0.2, 0.25) is 5.91 Å². The Kier molecular flexibility index (Phi) is 11.5. The lowest BCUT2D eigenvalue weighted by Crippen LogP contribution is -2.50. The van der Waals surface area contributed by atoms with E-state index >= 15 is 0 Å². The van der Waals surface area contributed by atoms with Crippen molar-refractivity contribution in [2.75, 3.05) is 33.2 Å². The normalized spacial score (nSPS) is 15.3. The van der Waals surface area contributed by atoms with Crippen molar-refractivity contribution in [3.8, 4) is 0 Å². The number of carbonyl (C=O) groups excluding carboxylic acids is 1. The molecule has 1 aliphatic rings. The van der Waals surface area contributed by atoms with Gasteiger partial charge in [0.25, 0.3) is 5.69 Å². The van der Waals surface area contributed by atoms with Crippen LogP contribution in [0, 0.1) is 10.1 Å². The van der Waals surface area contributed by atoms with Gasteiger partial charge < -0.3 is 16.0 Å². The Morgan fingerprint density at radius 3 is 2.66 bits per heavy atom. The largest absolute Gasteiger partial charge is 0.355 e. The summed E-state index contributed by atoms with van der Waals surface area (Å²) < 4.78 is 0. The molecule has 1 amide bonds. The summed E-state index contributed by atoms with van der Waals surface area (Å²) in [5.74, 6) is 0.758. The van der Waals surface area contributed by atoms with Crippen LogP contribution in [0.2, 0.25) is 0 Å². The molecule has 1 fully saturated rings. The molecule has 3 N–H and O–H groups in total. The second kappa shape index (κ2) is 13.3. The zero-order valence-corrected chi connectivity index (χ0v) is 19.3. The number of nitro benzene ring substituents is 1. The maximum absolute atomic E-state index is 11.8. The Morgan fingerprint density at radius 2 is 2.03 bits per heavy atom. The van der Waals surface area contributed by atoms with Crippen LogP contribution >= 0.6 is 24.0 Å². The first-order valence-corrected chi connectivity index (χ1v) is 9.71. The average molecular weight is 518 g/mol. The average Bonchev–Trinajstić information content (AvgIpc) is 2.71. The number of nitrogens with zero attached hydrogens (tertiary/aromatic N) is 3. The molecule has 0 unspecified atom stereocenters. The number of amides is 1. The minimum Gasteiger partial charge on any atom is -0.355 e. The number of likely N-dealkylation sites (tertiary alicyclic amines) is 1. The lowest BCUT2D eigenvalue weighted by molar-refractivity contribution is -0.384. The van der Waals surface area contributed by atoms with E-state index < -0.39 is 4.92 Å². The summed E-state index contributed by atoms with van der Waals surface area (Å²) in [6.07, 6.45) is 2.80. The SMILES string of the molecule is CCCNC(=O)CN1CCC(NC(=NC)NCc2cccc([N+](=O)[O-])c2)CC1.I. The van der Waals surface area contributed by atoms with E-state index in [-0.39, 0.29) is 41.6 Å². The van der Waals surface area contributed by atoms with Crippen molar-refractivity contribution in [2.45, 2.75) is 38.8 Å². The fraction of sp³-hybridized carbons (Fsp3) is 0.579. The van der Waals surface area contributed by atoms with E-state index in [0.29, 0.717) is 19.0 Å². The zero-order chi connectivity index (χ0) is 20.4. The molecule has 1 aromatic rings. The van der Waals surface area contributed by atoms with Gasteiger partial charge in [0, 0.05) is 51.4 Å². The molecule has 1 heterocycles. The molecule has 29 heavy (non-hydrogen) atoms. The van der Waals surface area contributed by atoms with Crippen molar-refractivity contribution in [3.63, 3.8) is 0 Å². The Balaban J connectivity index is 0.00000420. The number of halogens is 1. The third-order valence-electron chi connectivity index (χ3n) is 4.67. The molecule has 1 aliphatic heterocycles. The predicted molar refractivity (Wildman–Crippen MR) is 125 cm³/mol. The van der Waals surface area contributed by atoms with Crippen molar-refractivity contribution in [2.24, 2.45) is 4.99 Å². The van der Waals surface area contributed by atoms with Crippen molar-refractivity contribution < 1.29 is 9.72 Å². The summed E-state index contributed by atoms with van der Waals surface area (Å²) in [5, 5.41) is 20.4. The molecule has 2 rings (SSSR count). The molecule has 0 aliphatic carbocycles. The Morgan fingerprint density at radius 1 is 1.31 bits per heavy atom. The van der Waals surface area contributed by atoms with Gasteiger partial charge in [0.05, 0.1) is 11.5 Å². The van der Waals surface area contributed by atoms with E-state index in [1.807, 2.05) is 13.0 Å². The fourth-order valence-electron chi connectivity index (χ4n) is 3.11. The first-order valence-electron chi connectivity index (χ1n) is 9.71. The Labute approximate surface area is 188 Å². The van der Waals surface area contributed by atoms with Crippen LogP contribution in [0.3, 0.4) is 0 Å². The van der Waals surface area contributed by atoms with Gasteiger partial charge in [-0.3, -0.25) is 24.8 Å². The number of guanidine groups is 1. The first-order chi connectivity index (χ1) is 13.5. The van der Waals surface area contributed by atoms with Gasteiger partial charge in [0.1, 0.15) is 0 Å². The van der Waals surface area contributed by atoms with Gasteiger partial charge in [-0.1, -0.05) is 19.1 Å². The third-order valence-corrected chi connectivity index (χ3v) is 4.67. The summed E-state index contributed by atoms with van der Waals surface area (Å²) in [4.78, 5) is 28.7. The molecule has 0 saturated carbocycles. The quantitative estimate of drug-likeness (QED) is 0.159. The second-order valence-electron chi connectivity index (χ2n) is 6.90. The number of piperidine rings is 1. The number of nitro groups is 1. The molecule has 0 bridgehead atoms. The van der Waals surface area contributed by atoms with E-state index in [1.54, 1.807) is 19.2 Å². The van der Waals surface area contributed by atoms with Gasteiger partial charge in [0.15, 0.2) is 5.96 Å². The summed E-state index contributed by atoms with van der Waals surface area (Å²) in [6.45, 7) is 5.39. The minimum atomic E-state index is -0.396. The molecule has 1 saturated heterocycles. The zero-order valence-electron chi connectivity index (χ0n) is 17.0. The summed E-state index contributed by atoms with van der Waals surface area (Å²) >= 11 is 0. The van der Waals surface area contributed by atoms with Crippen molar-refractivity contribution in [1.29, 1.82) is 0 Å². The lowest BCUT2D eigenvalue weighted by Gasteiger charge is -2.32. The number of non-ortho nitro benzene ring substituents is 1. The second-order valence-corrected chi connectivity index (χ2v) is 6.90. The van der Waals surface area contributed by atoms with Gasteiger partial charge >= 0.3 is 0 Å². The topological polar surface area (TPSA) is 112 Å².